The maximum Gasteiger partial charge on any atom is 0.275 e. The molecule has 2 saturated heterocycles. The smallest absolute Gasteiger partial charge is 0.275 e. The fraction of sp³-hybridized carbons (Fsp3) is 0.524. The molecular formula is C21H27N3O4. The maximum absolute atomic E-state index is 12.6. The molecule has 1 atom stereocenters. The van der Waals surface area contributed by atoms with E-state index in [1.807, 2.05) is 29.2 Å². The van der Waals surface area contributed by atoms with Gasteiger partial charge in [-0.2, -0.15) is 0 Å². The molecule has 7 heteroatoms. The zero-order valence-corrected chi connectivity index (χ0v) is 16.5. The lowest BCUT2D eigenvalue weighted by atomic mass is 9.97. The summed E-state index contributed by atoms with van der Waals surface area (Å²) in [5, 5.41) is 0. The number of carbonyl (C=O) groups excluding carboxylic acids is 1. The number of carbonyl (C=O) groups is 1. The zero-order chi connectivity index (χ0) is 19.5. The van der Waals surface area contributed by atoms with Gasteiger partial charge in [-0.25, -0.2) is 4.98 Å². The van der Waals surface area contributed by atoms with Gasteiger partial charge in [-0.05, 0) is 50.6 Å². The zero-order valence-electron chi connectivity index (χ0n) is 16.5. The van der Waals surface area contributed by atoms with Gasteiger partial charge in [-0.15, -0.1) is 0 Å². The summed E-state index contributed by atoms with van der Waals surface area (Å²) in [6.07, 6.45) is 5.25. The predicted molar refractivity (Wildman–Crippen MR) is 104 cm³/mol. The number of benzene rings is 1. The van der Waals surface area contributed by atoms with Crippen molar-refractivity contribution in [3.05, 3.63) is 42.1 Å². The van der Waals surface area contributed by atoms with E-state index >= 15 is 0 Å². The van der Waals surface area contributed by atoms with Gasteiger partial charge in [0.25, 0.3) is 5.91 Å². The summed E-state index contributed by atoms with van der Waals surface area (Å²) in [6, 6.07) is 8.37. The van der Waals surface area contributed by atoms with E-state index in [-0.39, 0.29) is 12.5 Å². The molecule has 2 aliphatic heterocycles. The van der Waals surface area contributed by atoms with E-state index in [0.717, 1.165) is 25.4 Å². The molecule has 150 valence electrons. The highest BCUT2D eigenvalue weighted by Gasteiger charge is 2.38. The number of methoxy groups -OCH3 is 1. The van der Waals surface area contributed by atoms with Crippen molar-refractivity contribution in [1.29, 1.82) is 0 Å². The molecule has 2 aliphatic rings. The molecule has 0 bridgehead atoms. The van der Waals surface area contributed by atoms with Crippen LogP contribution in [0.4, 0.5) is 0 Å². The minimum Gasteiger partial charge on any atom is -0.497 e. The van der Waals surface area contributed by atoms with Crippen molar-refractivity contribution in [1.82, 2.24) is 14.8 Å². The Balaban J connectivity index is 1.27. The van der Waals surface area contributed by atoms with Crippen LogP contribution in [0.5, 0.6) is 11.5 Å². The lowest BCUT2D eigenvalue weighted by Gasteiger charge is -2.49. The molecule has 4 rings (SSSR count). The Bertz CT molecular complexity index is 798. The van der Waals surface area contributed by atoms with E-state index < -0.39 is 0 Å². The molecule has 0 N–H and O–H groups in total. The third-order valence-electron chi connectivity index (χ3n) is 5.67. The van der Waals surface area contributed by atoms with E-state index in [1.54, 1.807) is 7.11 Å². The van der Waals surface area contributed by atoms with Crippen molar-refractivity contribution in [2.75, 3.05) is 26.7 Å². The van der Waals surface area contributed by atoms with E-state index in [0.29, 0.717) is 29.4 Å². The summed E-state index contributed by atoms with van der Waals surface area (Å²) >= 11 is 0. The Labute approximate surface area is 165 Å². The minimum absolute atomic E-state index is 0.0691. The molecule has 0 saturated carbocycles. The first-order valence-electron chi connectivity index (χ1n) is 9.90. The van der Waals surface area contributed by atoms with Crippen LogP contribution in [0, 0.1) is 0 Å². The molecule has 7 nitrogen and oxygen atoms in total. The Hall–Kier alpha value is -2.54. The summed E-state index contributed by atoms with van der Waals surface area (Å²) in [5.41, 5.74) is 0.346. The Morgan fingerprint density at radius 3 is 2.68 bits per heavy atom. The van der Waals surface area contributed by atoms with Crippen LogP contribution in [0.1, 0.15) is 42.6 Å². The average Bonchev–Trinajstić information content (AvgIpc) is 3.16. The van der Waals surface area contributed by atoms with Gasteiger partial charge in [-0.3, -0.25) is 9.69 Å². The van der Waals surface area contributed by atoms with Gasteiger partial charge in [-0.1, -0.05) is 6.42 Å². The lowest BCUT2D eigenvalue weighted by molar-refractivity contribution is 0.00180. The second-order valence-electron chi connectivity index (χ2n) is 7.54. The molecule has 1 aromatic heterocycles. The van der Waals surface area contributed by atoms with Gasteiger partial charge >= 0.3 is 0 Å². The quantitative estimate of drug-likeness (QED) is 0.762. The fourth-order valence-electron chi connectivity index (χ4n) is 3.95. The van der Waals surface area contributed by atoms with Crippen LogP contribution in [-0.4, -0.2) is 59.5 Å². The van der Waals surface area contributed by atoms with Crippen LogP contribution in [0.25, 0.3) is 0 Å². The summed E-state index contributed by atoms with van der Waals surface area (Å²) in [6.45, 7) is 5.15. The molecule has 1 aromatic carbocycles. The second-order valence-corrected chi connectivity index (χ2v) is 7.54. The van der Waals surface area contributed by atoms with Gasteiger partial charge in [0.15, 0.2) is 12.3 Å². The Morgan fingerprint density at radius 2 is 1.96 bits per heavy atom. The molecular weight excluding hydrogens is 358 g/mol. The van der Waals surface area contributed by atoms with E-state index in [2.05, 4.69) is 16.8 Å². The van der Waals surface area contributed by atoms with Crippen LogP contribution in [0.3, 0.4) is 0 Å². The van der Waals surface area contributed by atoms with Gasteiger partial charge in [0.2, 0.25) is 5.89 Å². The first-order valence-corrected chi connectivity index (χ1v) is 9.90. The van der Waals surface area contributed by atoms with Crippen molar-refractivity contribution >= 4 is 5.91 Å². The van der Waals surface area contributed by atoms with Gasteiger partial charge in [0.1, 0.15) is 17.8 Å². The molecule has 0 aliphatic carbocycles. The number of hydrogen-bond acceptors (Lipinski definition) is 6. The van der Waals surface area contributed by atoms with E-state index in [1.165, 1.54) is 25.5 Å². The van der Waals surface area contributed by atoms with Crippen LogP contribution in [0.15, 0.2) is 34.9 Å². The molecule has 2 aromatic rings. The number of rotatable bonds is 6. The third-order valence-corrected chi connectivity index (χ3v) is 5.67. The molecule has 1 amide bonds. The van der Waals surface area contributed by atoms with Crippen molar-refractivity contribution in [2.45, 2.75) is 44.9 Å². The van der Waals surface area contributed by atoms with Gasteiger partial charge < -0.3 is 18.8 Å². The molecule has 0 radical (unpaired) electrons. The average molecular weight is 385 g/mol. The number of piperidine rings is 1. The van der Waals surface area contributed by atoms with E-state index in [9.17, 15) is 4.79 Å². The largest absolute Gasteiger partial charge is 0.497 e. The van der Waals surface area contributed by atoms with Crippen LogP contribution in [-0.2, 0) is 6.61 Å². The number of ether oxygens (including phenoxy) is 2. The highest BCUT2D eigenvalue weighted by Crippen LogP contribution is 2.25. The van der Waals surface area contributed by atoms with E-state index in [4.69, 9.17) is 13.9 Å². The van der Waals surface area contributed by atoms with Crippen molar-refractivity contribution in [2.24, 2.45) is 0 Å². The summed E-state index contributed by atoms with van der Waals surface area (Å²) in [7, 11) is 1.62. The van der Waals surface area contributed by atoms with Crippen molar-refractivity contribution in [3.63, 3.8) is 0 Å². The third kappa shape index (κ3) is 3.99. The standard InChI is InChI=1S/C21H27N3O4/c1-15-5-3-4-10-24(15)16-11-23(12-16)21(25)19-13-28-20(22-19)14-27-18-8-6-17(26-2)7-9-18/h6-9,13,15-16H,3-5,10-12,14H2,1-2H3/t15-/m1/s1. The highest BCUT2D eigenvalue weighted by molar-refractivity contribution is 5.92. The molecule has 28 heavy (non-hydrogen) atoms. The normalized spacial score (nSPS) is 20.6. The van der Waals surface area contributed by atoms with Gasteiger partial charge in [0, 0.05) is 25.2 Å². The minimum atomic E-state index is -0.0691. The summed E-state index contributed by atoms with van der Waals surface area (Å²) < 4.78 is 16.2. The van der Waals surface area contributed by atoms with Crippen LogP contribution in [0.2, 0.25) is 0 Å². The second kappa shape index (κ2) is 8.22. The first-order chi connectivity index (χ1) is 13.6. The number of oxazole rings is 1. The molecule has 2 fully saturated rings. The van der Waals surface area contributed by atoms with Crippen molar-refractivity contribution in [3.8, 4) is 11.5 Å². The summed E-state index contributed by atoms with van der Waals surface area (Å²) in [4.78, 5) is 21.3. The Kier molecular flexibility index (Phi) is 5.52. The topological polar surface area (TPSA) is 68.0 Å². The first kappa shape index (κ1) is 18.8. The molecule has 0 spiro atoms. The van der Waals surface area contributed by atoms with Crippen LogP contribution >= 0.6 is 0 Å². The molecule has 0 unspecified atom stereocenters. The van der Waals surface area contributed by atoms with Crippen LogP contribution < -0.4 is 9.47 Å². The molecule has 3 heterocycles. The number of amides is 1. The van der Waals surface area contributed by atoms with Gasteiger partial charge in [0.05, 0.1) is 7.11 Å². The maximum atomic E-state index is 12.6. The lowest BCUT2D eigenvalue weighted by Crippen LogP contribution is -2.63. The SMILES string of the molecule is COc1ccc(OCc2nc(C(=O)N3CC(N4CCCC[C@H]4C)C3)co2)cc1. The highest BCUT2D eigenvalue weighted by atomic mass is 16.5. The monoisotopic (exact) mass is 385 g/mol. The number of nitrogens with zero attached hydrogens (tertiary/aromatic N) is 3. The Morgan fingerprint density at radius 1 is 1.21 bits per heavy atom. The number of hydrogen-bond donors (Lipinski definition) is 0. The summed E-state index contributed by atoms with van der Waals surface area (Å²) in [5.74, 6) is 1.78. The van der Waals surface area contributed by atoms with Crippen molar-refractivity contribution < 1.29 is 18.7 Å². The number of likely N-dealkylation sites (tertiary alicyclic amines) is 2. The fourth-order valence-corrected chi connectivity index (χ4v) is 3.95. The predicted octanol–water partition coefficient (Wildman–Crippen LogP) is 2.96. The number of aromatic nitrogens is 1.